The number of carbonyl (C=O) groups excluding carboxylic acids is 1. The second-order valence-corrected chi connectivity index (χ2v) is 6.09. The summed E-state index contributed by atoms with van der Waals surface area (Å²) in [5, 5.41) is 0. The SMILES string of the molecule is COc1ccccc1CN(Cc1cccc(C)c1)C(=O)c1cncnc1. The summed E-state index contributed by atoms with van der Waals surface area (Å²) in [6.07, 6.45) is 4.50. The maximum atomic E-state index is 13.0. The minimum Gasteiger partial charge on any atom is -0.496 e. The molecule has 5 heteroatoms. The van der Waals surface area contributed by atoms with Crippen molar-refractivity contribution in [1.29, 1.82) is 0 Å². The van der Waals surface area contributed by atoms with Crippen molar-refractivity contribution in [2.75, 3.05) is 7.11 Å². The molecule has 0 fully saturated rings. The fourth-order valence-electron chi connectivity index (χ4n) is 2.86. The molecule has 0 N–H and O–H groups in total. The van der Waals surface area contributed by atoms with Gasteiger partial charge in [0.2, 0.25) is 0 Å². The van der Waals surface area contributed by atoms with Crippen molar-refractivity contribution in [3.63, 3.8) is 0 Å². The minimum atomic E-state index is -0.113. The number of aryl methyl sites for hydroxylation is 1. The molecule has 2 aromatic carbocycles. The molecule has 0 saturated heterocycles. The topological polar surface area (TPSA) is 55.3 Å². The van der Waals surface area contributed by atoms with Crippen LogP contribution in [0.5, 0.6) is 5.75 Å². The average molecular weight is 347 g/mol. The van der Waals surface area contributed by atoms with Crippen LogP contribution >= 0.6 is 0 Å². The molecule has 1 aromatic heterocycles. The predicted octanol–water partition coefficient (Wildman–Crippen LogP) is 3.64. The average Bonchev–Trinajstić information content (AvgIpc) is 2.68. The Bertz CT molecular complexity index is 881. The first kappa shape index (κ1) is 17.6. The van der Waals surface area contributed by atoms with E-state index in [0.29, 0.717) is 18.7 Å². The highest BCUT2D eigenvalue weighted by molar-refractivity contribution is 5.93. The lowest BCUT2D eigenvalue weighted by Crippen LogP contribution is -2.30. The lowest BCUT2D eigenvalue weighted by atomic mass is 10.1. The molecule has 0 radical (unpaired) electrons. The number of aromatic nitrogens is 2. The Balaban J connectivity index is 1.91. The molecule has 1 heterocycles. The largest absolute Gasteiger partial charge is 0.496 e. The molecule has 132 valence electrons. The lowest BCUT2D eigenvalue weighted by molar-refractivity contribution is 0.0728. The van der Waals surface area contributed by atoms with E-state index in [-0.39, 0.29) is 5.91 Å². The molecule has 3 aromatic rings. The van der Waals surface area contributed by atoms with Crippen molar-refractivity contribution in [2.45, 2.75) is 20.0 Å². The molecule has 0 saturated carbocycles. The Hall–Kier alpha value is -3.21. The standard InChI is InChI=1S/C21H21N3O2/c1-16-6-5-7-17(10-16)13-24(21(25)19-11-22-15-23-12-19)14-18-8-3-4-9-20(18)26-2/h3-12,15H,13-14H2,1-2H3. The predicted molar refractivity (Wildman–Crippen MR) is 99.8 cm³/mol. The number of methoxy groups -OCH3 is 1. The summed E-state index contributed by atoms with van der Waals surface area (Å²) in [6.45, 7) is 2.97. The van der Waals surface area contributed by atoms with E-state index in [0.717, 1.165) is 22.4 Å². The quantitative estimate of drug-likeness (QED) is 0.683. The van der Waals surface area contributed by atoms with Gasteiger partial charge in [0, 0.05) is 31.0 Å². The van der Waals surface area contributed by atoms with E-state index in [9.17, 15) is 4.79 Å². The van der Waals surface area contributed by atoms with Crippen LogP contribution in [0.3, 0.4) is 0 Å². The summed E-state index contributed by atoms with van der Waals surface area (Å²) in [7, 11) is 1.64. The van der Waals surface area contributed by atoms with Gasteiger partial charge in [-0.3, -0.25) is 4.79 Å². The molecule has 0 bridgehead atoms. The Morgan fingerprint density at radius 3 is 2.54 bits per heavy atom. The van der Waals surface area contributed by atoms with Gasteiger partial charge in [-0.2, -0.15) is 0 Å². The molecule has 1 amide bonds. The van der Waals surface area contributed by atoms with Crippen LogP contribution in [0, 0.1) is 6.92 Å². The summed E-state index contributed by atoms with van der Waals surface area (Å²) >= 11 is 0. The molecule has 0 atom stereocenters. The Morgan fingerprint density at radius 2 is 1.81 bits per heavy atom. The van der Waals surface area contributed by atoms with E-state index < -0.39 is 0 Å². The smallest absolute Gasteiger partial charge is 0.257 e. The van der Waals surface area contributed by atoms with Crippen LogP contribution in [0.4, 0.5) is 0 Å². The van der Waals surface area contributed by atoms with Crippen LogP contribution in [0.1, 0.15) is 27.0 Å². The zero-order valence-corrected chi connectivity index (χ0v) is 14.9. The van der Waals surface area contributed by atoms with Crippen LogP contribution in [-0.2, 0) is 13.1 Å². The summed E-state index contributed by atoms with van der Waals surface area (Å²) in [5.74, 6) is 0.650. The van der Waals surface area contributed by atoms with Crippen molar-refractivity contribution >= 4 is 5.91 Å². The van der Waals surface area contributed by atoms with Gasteiger partial charge >= 0.3 is 0 Å². The van der Waals surface area contributed by atoms with Crippen molar-refractivity contribution in [2.24, 2.45) is 0 Å². The van der Waals surface area contributed by atoms with Crippen LogP contribution in [-0.4, -0.2) is 27.9 Å². The lowest BCUT2D eigenvalue weighted by Gasteiger charge is -2.24. The van der Waals surface area contributed by atoms with E-state index in [1.165, 1.54) is 6.33 Å². The van der Waals surface area contributed by atoms with E-state index >= 15 is 0 Å². The zero-order chi connectivity index (χ0) is 18.4. The second kappa shape index (κ2) is 8.25. The molecule has 0 unspecified atom stereocenters. The normalized spacial score (nSPS) is 10.4. The van der Waals surface area contributed by atoms with Gasteiger partial charge < -0.3 is 9.64 Å². The highest BCUT2D eigenvalue weighted by atomic mass is 16.5. The zero-order valence-electron chi connectivity index (χ0n) is 14.9. The number of para-hydroxylation sites is 1. The molecule has 0 aliphatic carbocycles. The second-order valence-electron chi connectivity index (χ2n) is 6.09. The Morgan fingerprint density at radius 1 is 1.04 bits per heavy atom. The first-order valence-corrected chi connectivity index (χ1v) is 8.39. The maximum Gasteiger partial charge on any atom is 0.257 e. The number of hydrogen-bond acceptors (Lipinski definition) is 4. The fourth-order valence-corrected chi connectivity index (χ4v) is 2.86. The number of hydrogen-bond donors (Lipinski definition) is 0. The monoisotopic (exact) mass is 347 g/mol. The van der Waals surface area contributed by atoms with Crippen molar-refractivity contribution in [3.8, 4) is 5.75 Å². The first-order valence-electron chi connectivity index (χ1n) is 8.39. The molecular formula is C21H21N3O2. The van der Waals surface area contributed by atoms with Crippen LogP contribution in [0.25, 0.3) is 0 Å². The molecule has 26 heavy (non-hydrogen) atoms. The maximum absolute atomic E-state index is 13.0. The van der Waals surface area contributed by atoms with Gasteiger partial charge in [0.05, 0.1) is 12.7 Å². The molecule has 0 aliphatic rings. The van der Waals surface area contributed by atoms with Gasteiger partial charge in [0.1, 0.15) is 12.1 Å². The van der Waals surface area contributed by atoms with Gasteiger partial charge in [0.25, 0.3) is 5.91 Å². The van der Waals surface area contributed by atoms with Crippen LogP contribution < -0.4 is 4.74 Å². The first-order chi connectivity index (χ1) is 12.7. The highest BCUT2D eigenvalue weighted by Crippen LogP contribution is 2.21. The molecular weight excluding hydrogens is 326 g/mol. The highest BCUT2D eigenvalue weighted by Gasteiger charge is 2.19. The third-order valence-corrected chi connectivity index (χ3v) is 4.10. The summed E-state index contributed by atoms with van der Waals surface area (Å²) < 4.78 is 5.44. The van der Waals surface area contributed by atoms with Gasteiger partial charge in [-0.05, 0) is 18.6 Å². The molecule has 5 nitrogen and oxygen atoms in total. The molecule has 0 spiro atoms. The van der Waals surface area contributed by atoms with E-state index in [4.69, 9.17) is 4.74 Å². The minimum absolute atomic E-state index is 0.113. The number of rotatable bonds is 6. The van der Waals surface area contributed by atoms with Crippen molar-refractivity contribution in [1.82, 2.24) is 14.9 Å². The van der Waals surface area contributed by atoms with Crippen LogP contribution in [0.2, 0.25) is 0 Å². The Kier molecular flexibility index (Phi) is 5.59. The van der Waals surface area contributed by atoms with Crippen molar-refractivity contribution < 1.29 is 9.53 Å². The third-order valence-electron chi connectivity index (χ3n) is 4.10. The van der Waals surface area contributed by atoms with Gasteiger partial charge in [-0.15, -0.1) is 0 Å². The summed E-state index contributed by atoms with van der Waals surface area (Å²) in [6, 6.07) is 15.9. The van der Waals surface area contributed by atoms with Crippen molar-refractivity contribution in [3.05, 3.63) is 89.5 Å². The number of carbonyl (C=O) groups is 1. The number of benzene rings is 2. The summed E-state index contributed by atoms with van der Waals surface area (Å²) in [5.41, 5.74) is 3.66. The molecule has 0 aliphatic heterocycles. The summed E-state index contributed by atoms with van der Waals surface area (Å²) in [4.78, 5) is 22.8. The van der Waals surface area contributed by atoms with Gasteiger partial charge in [-0.25, -0.2) is 9.97 Å². The number of ether oxygens (including phenoxy) is 1. The van der Waals surface area contributed by atoms with Gasteiger partial charge in [0.15, 0.2) is 0 Å². The van der Waals surface area contributed by atoms with E-state index in [2.05, 4.69) is 16.0 Å². The van der Waals surface area contributed by atoms with E-state index in [1.807, 2.05) is 49.4 Å². The number of amides is 1. The molecule has 3 rings (SSSR count). The van der Waals surface area contributed by atoms with E-state index in [1.54, 1.807) is 24.4 Å². The van der Waals surface area contributed by atoms with Gasteiger partial charge in [-0.1, -0.05) is 48.0 Å². The Labute approximate surface area is 153 Å². The van der Waals surface area contributed by atoms with Crippen LogP contribution in [0.15, 0.2) is 67.3 Å². The fraction of sp³-hybridized carbons (Fsp3) is 0.190. The third kappa shape index (κ3) is 4.25. The number of nitrogens with zero attached hydrogens (tertiary/aromatic N) is 3.